The van der Waals surface area contributed by atoms with E-state index in [4.69, 9.17) is 4.74 Å². The molecule has 2 rings (SSSR count). The van der Waals surface area contributed by atoms with Gasteiger partial charge in [0.1, 0.15) is 0 Å². The minimum atomic E-state index is 0.263. The van der Waals surface area contributed by atoms with Crippen LogP contribution < -0.4 is 10.1 Å². The zero-order valence-electron chi connectivity index (χ0n) is 13.3. The molecule has 1 heterocycles. The summed E-state index contributed by atoms with van der Waals surface area (Å²) in [5.41, 5.74) is 0.896. The Balaban J connectivity index is 1.72. The SMILES string of the molecule is CCOc1cccc(CNCCN2CCC(C)CC2)c1O. The van der Waals surface area contributed by atoms with E-state index in [1.807, 2.05) is 19.1 Å². The van der Waals surface area contributed by atoms with Crippen molar-refractivity contribution in [1.29, 1.82) is 0 Å². The first-order chi connectivity index (χ1) is 10.2. The molecule has 0 amide bonds. The number of piperidine rings is 1. The number of rotatable bonds is 7. The van der Waals surface area contributed by atoms with E-state index < -0.39 is 0 Å². The number of phenols is 1. The first-order valence-electron chi connectivity index (χ1n) is 8.07. The van der Waals surface area contributed by atoms with Crippen LogP contribution in [-0.4, -0.2) is 42.8 Å². The Hall–Kier alpha value is -1.26. The lowest BCUT2D eigenvalue weighted by molar-refractivity contribution is 0.193. The van der Waals surface area contributed by atoms with E-state index in [0.717, 1.165) is 24.6 Å². The minimum absolute atomic E-state index is 0.263. The van der Waals surface area contributed by atoms with Crippen molar-refractivity contribution in [3.8, 4) is 11.5 Å². The van der Waals surface area contributed by atoms with Crippen molar-refractivity contribution in [2.75, 3.05) is 32.8 Å². The van der Waals surface area contributed by atoms with E-state index in [1.165, 1.54) is 25.9 Å². The van der Waals surface area contributed by atoms with Gasteiger partial charge in [-0.2, -0.15) is 0 Å². The van der Waals surface area contributed by atoms with Crippen molar-refractivity contribution in [3.63, 3.8) is 0 Å². The highest BCUT2D eigenvalue weighted by molar-refractivity contribution is 5.45. The molecule has 4 nitrogen and oxygen atoms in total. The van der Waals surface area contributed by atoms with Gasteiger partial charge in [0.05, 0.1) is 6.61 Å². The fraction of sp³-hybridized carbons (Fsp3) is 0.647. The molecule has 0 aliphatic carbocycles. The topological polar surface area (TPSA) is 44.7 Å². The van der Waals surface area contributed by atoms with Crippen LogP contribution in [0.15, 0.2) is 18.2 Å². The number of nitrogens with zero attached hydrogens (tertiary/aromatic N) is 1. The fourth-order valence-electron chi connectivity index (χ4n) is 2.73. The Morgan fingerprint density at radius 1 is 1.33 bits per heavy atom. The number of benzene rings is 1. The van der Waals surface area contributed by atoms with Crippen LogP contribution >= 0.6 is 0 Å². The maximum Gasteiger partial charge on any atom is 0.162 e. The average molecular weight is 292 g/mol. The van der Waals surface area contributed by atoms with Gasteiger partial charge in [-0.05, 0) is 44.8 Å². The van der Waals surface area contributed by atoms with Crippen LogP contribution in [0.2, 0.25) is 0 Å². The van der Waals surface area contributed by atoms with Gasteiger partial charge in [0, 0.05) is 25.2 Å². The maximum atomic E-state index is 10.1. The van der Waals surface area contributed by atoms with Crippen LogP contribution in [0.25, 0.3) is 0 Å². The maximum absolute atomic E-state index is 10.1. The van der Waals surface area contributed by atoms with Crippen LogP contribution in [0.5, 0.6) is 11.5 Å². The van der Waals surface area contributed by atoms with Crippen molar-refractivity contribution in [2.45, 2.75) is 33.2 Å². The summed E-state index contributed by atoms with van der Waals surface area (Å²) in [4.78, 5) is 2.52. The zero-order valence-corrected chi connectivity index (χ0v) is 13.3. The lowest BCUT2D eigenvalue weighted by Crippen LogP contribution is -2.37. The van der Waals surface area contributed by atoms with Gasteiger partial charge < -0.3 is 20.1 Å². The summed E-state index contributed by atoms with van der Waals surface area (Å²) < 4.78 is 5.40. The number of phenolic OH excluding ortho intramolecular Hbond substituents is 1. The zero-order chi connectivity index (χ0) is 15.1. The second kappa shape index (κ2) is 8.25. The second-order valence-corrected chi connectivity index (χ2v) is 5.90. The van der Waals surface area contributed by atoms with Gasteiger partial charge >= 0.3 is 0 Å². The Labute approximate surface area is 128 Å². The third-order valence-corrected chi connectivity index (χ3v) is 4.18. The number of nitrogens with one attached hydrogen (secondary N) is 1. The molecule has 1 fully saturated rings. The van der Waals surface area contributed by atoms with Gasteiger partial charge in [-0.25, -0.2) is 0 Å². The highest BCUT2D eigenvalue weighted by Crippen LogP contribution is 2.29. The first-order valence-corrected chi connectivity index (χ1v) is 8.07. The summed E-state index contributed by atoms with van der Waals surface area (Å²) in [5.74, 6) is 1.72. The molecular weight excluding hydrogens is 264 g/mol. The number of likely N-dealkylation sites (tertiary alicyclic amines) is 1. The molecule has 4 heteroatoms. The van der Waals surface area contributed by atoms with E-state index in [2.05, 4.69) is 17.1 Å². The molecular formula is C17H28N2O2. The molecule has 1 aliphatic heterocycles. The van der Waals surface area contributed by atoms with E-state index in [-0.39, 0.29) is 5.75 Å². The van der Waals surface area contributed by atoms with E-state index in [9.17, 15) is 5.11 Å². The van der Waals surface area contributed by atoms with Crippen LogP contribution in [0.3, 0.4) is 0 Å². The molecule has 0 atom stereocenters. The van der Waals surface area contributed by atoms with Crippen molar-refractivity contribution in [1.82, 2.24) is 10.2 Å². The van der Waals surface area contributed by atoms with Gasteiger partial charge in [-0.3, -0.25) is 0 Å². The van der Waals surface area contributed by atoms with Gasteiger partial charge in [0.15, 0.2) is 11.5 Å². The molecule has 2 N–H and O–H groups in total. The summed E-state index contributed by atoms with van der Waals surface area (Å²) in [6, 6.07) is 5.67. The van der Waals surface area contributed by atoms with Crippen molar-refractivity contribution < 1.29 is 9.84 Å². The summed E-state index contributed by atoms with van der Waals surface area (Å²) in [7, 11) is 0. The molecule has 0 aromatic heterocycles. The van der Waals surface area contributed by atoms with Crippen LogP contribution in [0, 0.1) is 5.92 Å². The molecule has 0 saturated carbocycles. The van der Waals surface area contributed by atoms with Crippen molar-refractivity contribution >= 4 is 0 Å². The standard InChI is InChI=1S/C17H28N2O2/c1-3-21-16-6-4-5-15(17(16)20)13-18-9-12-19-10-7-14(2)8-11-19/h4-6,14,18,20H,3,7-13H2,1-2H3. The van der Waals surface area contributed by atoms with Gasteiger partial charge in [-0.1, -0.05) is 19.1 Å². The number of hydrogen-bond acceptors (Lipinski definition) is 4. The van der Waals surface area contributed by atoms with E-state index in [1.54, 1.807) is 6.07 Å². The average Bonchev–Trinajstić information content (AvgIpc) is 2.49. The number of ether oxygens (including phenoxy) is 1. The minimum Gasteiger partial charge on any atom is -0.504 e. The highest BCUT2D eigenvalue weighted by Gasteiger charge is 2.14. The molecule has 21 heavy (non-hydrogen) atoms. The number of aromatic hydroxyl groups is 1. The Morgan fingerprint density at radius 3 is 2.81 bits per heavy atom. The molecule has 1 aromatic carbocycles. The van der Waals surface area contributed by atoms with Crippen LogP contribution in [0.1, 0.15) is 32.3 Å². The highest BCUT2D eigenvalue weighted by atomic mass is 16.5. The van der Waals surface area contributed by atoms with Crippen LogP contribution in [-0.2, 0) is 6.54 Å². The summed E-state index contributed by atoms with van der Waals surface area (Å²) >= 11 is 0. The third kappa shape index (κ3) is 4.90. The van der Waals surface area contributed by atoms with Crippen molar-refractivity contribution in [2.24, 2.45) is 5.92 Å². The predicted molar refractivity (Wildman–Crippen MR) is 85.8 cm³/mol. The second-order valence-electron chi connectivity index (χ2n) is 5.90. The molecule has 0 unspecified atom stereocenters. The van der Waals surface area contributed by atoms with Gasteiger partial charge in [0.25, 0.3) is 0 Å². The first kappa shape index (κ1) is 16.1. The van der Waals surface area contributed by atoms with Gasteiger partial charge in [-0.15, -0.1) is 0 Å². The Morgan fingerprint density at radius 2 is 2.10 bits per heavy atom. The molecule has 1 aliphatic rings. The van der Waals surface area contributed by atoms with E-state index in [0.29, 0.717) is 18.9 Å². The van der Waals surface area contributed by atoms with Crippen molar-refractivity contribution in [3.05, 3.63) is 23.8 Å². The lowest BCUT2D eigenvalue weighted by atomic mass is 9.99. The normalized spacial score (nSPS) is 17.0. The predicted octanol–water partition coefficient (Wildman–Crippen LogP) is 2.61. The summed E-state index contributed by atoms with van der Waals surface area (Å²) in [5, 5.41) is 13.5. The Bertz CT molecular complexity index is 429. The molecule has 1 aromatic rings. The Kier molecular flexibility index (Phi) is 6.33. The lowest BCUT2D eigenvalue weighted by Gasteiger charge is -2.30. The van der Waals surface area contributed by atoms with Gasteiger partial charge in [0.2, 0.25) is 0 Å². The fourth-order valence-corrected chi connectivity index (χ4v) is 2.73. The summed E-state index contributed by atoms with van der Waals surface area (Å²) in [6.45, 7) is 9.97. The molecule has 118 valence electrons. The third-order valence-electron chi connectivity index (χ3n) is 4.18. The molecule has 0 spiro atoms. The molecule has 0 bridgehead atoms. The number of para-hydroxylation sites is 1. The monoisotopic (exact) mass is 292 g/mol. The van der Waals surface area contributed by atoms with Crippen LogP contribution in [0.4, 0.5) is 0 Å². The molecule has 0 radical (unpaired) electrons. The number of hydrogen-bond donors (Lipinski definition) is 2. The largest absolute Gasteiger partial charge is 0.504 e. The molecule has 1 saturated heterocycles. The summed E-state index contributed by atoms with van der Waals surface area (Å²) in [6.07, 6.45) is 2.63. The van der Waals surface area contributed by atoms with E-state index >= 15 is 0 Å². The smallest absolute Gasteiger partial charge is 0.162 e. The quantitative estimate of drug-likeness (QED) is 0.758.